The molecular weight excluding hydrogens is 245 g/mol. The molecule has 0 bridgehead atoms. The van der Waals surface area contributed by atoms with E-state index in [1.54, 1.807) is 31.2 Å². The summed E-state index contributed by atoms with van der Waals surface area (Å²) in [7, 11) is 0. The van der Waals surface area contributed by atoms with Crippen molar-refractivity contribution in [2.75, 3.05) is 25.4 Å². The summed E-state index contributed by atoms with van der Waals surface area (Å²) in [6, 6.07) is 6.29. The van der Waals surface area contributed by atoms with Crippen LogP contribution in [0.4, 0.5) is 18.9 Å². The van der Waals surface area contributed by atoms with Crippen LogP contribution in [0.25, 0.3) is 0 Å². The molecule has 102 valence electrons. The Morgan fingerprint density at radius 2 is 2.06 bits per heavy atom. The standard InChI is InChI=1S/C12H17F3N2O/c1-9(10-3-2-4-11(16)7-10)17(5-6-18)8-12(13,14)15/h2-4,7,9,18H,5-6,8,16H2,1H3. The van der Waals surface area contributed by atoms with Crippen LogP contribution in [0, 0.1) is 0 Å². The van der Waals surface area contributed by atoms with E-state index in [0.29, 0.717) is 11.3 Å². The summed E-state index contributed by atoms with van der Waals surface area (Å²) >= 11 is 0. The summed E-state index contributed by atoms with van der Waals surface area (Å²) in [5.74, 6) is 0. The van der Waals surface area contributed by atoms with Crippen LogP contribution >= 0.6 is 0 Å². The van der Waals surface area contributed by atoms with Gasteiger partial charge in [-0.15, -0.1) is 0 Å². The third kappa shape index (κ3) is 4.54. The summed E-state index contributed by atoms with van der Waals surface area (Å²) < 4.78 is 37.3. The lowest BCUT2D eigenvalue weighted by Crippen LogP contribution is -2.38. The Bertz CT molecular complexity index is 382. The van der Waals surface area contributed by atoms with Gasteiger partial charge in [0.05, 0.1) is 13.2 Å². The minimum atomic E-state index is -4.29. The molecule has 6 heteroatoms. The van der Waals surface area contributed by atoms with Crippen LogP contribution in [-0.4, -0.2) is 35.9 Å². The van der Waals surface area contributed by atoms with Crippen molar-refractivity contribution in [1.29, 1.82) is 0 Å². The molecule has 3 nitrogen and oxygen atoms in total. The van der Waals surface area contributed by atoms with Crippen molar-refractivity contribution in [2.45, 2.75) is 19.1 Å². The first kappa shape index (κ1) is 14.8. The van der Waals surface area contributed by atoms with E-state index in [1.165, 1.54) is 4.90 Å². The Morgan fingerprint density at radius 3 is 2.56 bits per heavy atom. The summed E-state index contributed by atoms with van der Waals surface area (Å²) in [4.78, 5) is 1.18. The van der Waals surface area contributed by atoms with E-state index >= 15 is 0 Å². The predicted octanol–water partition coefficient (Wildman–Crippen LogP) is 2.19. The van der Waals surface area contributed by atoms with Crippen molar-refractivity contribution in [3.05, 3.63) is 29.8 Å². The topological polar surface area (TPSA) is 49.5 Å². The molecule has 1 rings (SSSR count). The molecule has 0 aliphatic rings. The van der Waals surface area contributed by atoms with E-state index in [9.17, 15) is 13.2 Å². The first-order chi connectivity index (χ1) is 8.33. The van der Waals surface area contributed by atoms with Crippen molar-refractivity contribution in [3.63, 3.8) is 0 Å². The highest BCUT2D eigenvalue weighted by atomic mass is 19.4. The maximum Gasteiger partial charge on any atom is 0.401 e. The number of halogens is 3. The van der Waals surface area contributed by atoms with E-state index in [0.717, 1.165) is 0 Å². The maximum absolute atomic E-state index is 12.4. The molecule has 0 fully saturated rings. The Balaban J connectivity index is 2.85. The van der Waals surface area contributed by atoms with E-state index in [1.807, 2.05) is 0 Å². The number of nitrogens with zero attached hydrogens (tertiary/aromatic N) is 1. The molecule has 0 amide bonds. The smallest absolute Gasteiger partial charge is 0.399 e. The summed E-state index contributed by atoms with van der Waals surface area (Å²) in [6.45, 7) is 0.262. The zero-order valence-corrected chi connectivity index (χ0v) is 10.1. The summed E-state index contributed by atoms with van der Waals surface area (Å²) in [5, 5.41) is 8.85. The number of aliphatic hydroxyl groups excluding tert-OH is 1. The largest absolute Gasteiger partial charge is 0.401 e. The van der Waals surface area contributed by atoms with Gasteiger partial charge >= 0.3 is 6.18 Å². The molecule has 0 saturated carbocycles. The Hall–Kier alpha value is -1.27. The number of alkyl halides is 3. The average molecular weight is 262 g/mol. The van der Waals surface area contributed by atoms with Gasteiger partial charge in [0.1, 0.15) is 0 Å². The number of anilines is 1. The zero-order chi connectivity index (χ0) is 13.8. The van der Waals surface area contributed by atoms with Gasteiger partial charge in [-0.2, -0.15) is 13.2 Å². The number of nitrogens with two attached hydrogens (primary N) is 1. The second kappa shape index (κ2) is 6.06. The normalized spacial score (nSPS) is 13.9. The fourth-order valence-corrected chi connectivity index (χ4v) is 1.80. The van der Waals surface area contributed by atoms with Crippen LogP contribution < -0.4 is 5.73 Å². The maximum atomic E-state index is 12.4. The lowest BCUT2D eigenvalue weighted by Gasteiger charge is -2.29. The molecule has 1 aromatic rings. The molecule has 0 aliphatic heterocycles. The number of aliphatic hydroxyl groups is 1. The van der Waals surface area contributed by atoms with Crippen molar-refractivity contribution in [3.8, 4) is 0 Å². The molecule has 0 aromatic heterocycles. The van der Waals surface area contributed by atoms with Crippen LogP contribution in [0.3, 0.4) is 0 Å². The molecule has 0 radical (unpaired) electrons. The first-order valence-electron chi connectivity index (χ1n) is 5.60. The molecular formula is C12H17F3N2O. The lowest BCUT2D eigenvalue weighted by molar-refractivity contribution is -0.151. The number of benzene rings is 1. The molecule has 1 atom stereocenters. The van der Waals surface area contributed by atoms with Crippen LogP contribution in [0.5, 0.6) is 0 Å². The van der Waals surface area contributed by atoms with Gasteiger partial charge in [-0.25, -0.2) is 0 Å². The van der Waals surface area contributed by atoms with Gasteiger partial charge in [0.2, 0.25) is 0 Å². The van der Waals surface area contributed by atoms with Gasteiger partial charge < -0.3 is 10.8 Å². The lowest BCUT2D eigenvalue weighted by atomic mass is 10.1. The molecule has 0 aliphatic carbocycles. The number of nitrogen functional groups attached to an aromatic ring is 1. The number of hydrogen-bond donors (Lipinski definition) is 2. The van der Waals surface area contributed by atoms with E-state index in [-0.39, 0.29) is 13.2 Å². The Morgan fingerprint density at radius 1 is 1.39 bits per heavy atom. The fourth-order valence-electron chi connectivity index (χ4n) is 1.80. The second-order valence-corrected chi connectivity index (χ2v) is 4.16. The molecule has 1 aromatic carbocycles. The zero-order valence-electron chi connectivity index (χ0n) is 10.1. The minimum absolute atomic E-state index is 0.0323. The van der Waals surface area contributed by atoms with Crippen LogP contribution in [0.1, 0.15) is 18.5 Å². The predicted molar refractivity (Wildman–Crippen MR) is 64.0 cm³/mol. The molecule has 1 unspecified atom stereocenters. The third-order valence-corrected chi connectivity index (χ3v) is 2.71. The van der Waals surface area contributed by atoms with Crippen molar-refractivity contribution >= 4 is 5.69 Å². The third-order valence-electron chi connectivity index (χ3n) is 2.71. The summed E-state index contributed by atoms with van der Waals surface area (Å²) in [5.41, 5.74) is 6.82. The summed E-state index contributed by atoms with van der Waals surface area (Å²) in [6.07, 6.45) is -4.29. The van der Waals surface area contributed by atoms with E-state index in [2.05, 4.69) is 0 Å². The van der Waals surface area contributed by atoms with E-state index in [4.69, 9.17) is 10.8 Å². The SMILES string of the molecule is CC(c1cccc(N)c1)N(CCO)CC(F)(F)F. The van der Waals surface area contributed by atoms with Crippen molar-refractivity contribution in [1.82, 2.24) is 4.90 Å². The Kier molecular flexibility index (Phi) is 4.98. The van der Waals surface area contributed by atoms with Gasteiger partial charge in [0.15, 0.2) is 0 Å². The highest BCUT2D eigenvalue weighted by molar-refractivity contribution is 5.41. The van der Waals surface area contributed by atoms with Gasteiger partial charge in [-0.1, -0.05) is 12.1 Å². The first-order valence-corrected chi connectivity index (χ1v) is 5.60. The van der Waals surface area contributed by atoms with Crippen LogP contribution in [-0.2, 0) is 0 Å². The second-order valence-electron chi connectivity index (χ2n) is 4.16. The quantitative estimate of drug-likeness (QED) is 0.800. The van der Waals surface area contributed by atoms with Crippen LogP contribution in [0.15, 0.2) is 24.3 Å². The molecule has 0 saturated heterocycles. The highest BCUT2D eigenvalue weighted by Crippen LogP contribution is 2.26. The van der Waals surface area contributed by atoms with Crippen molar-refractivity contribution in [2.24, 2.45) is 0 Å². The van der Waals surface area contributed by atoms with Gasteiger partial charge in [0.25, 0.3) is 0 Å². The molecule has 0 spiro atoms. The monoisotopic (exact) mass is 262 g/mol. The minimum Gasteiger partial charge on any atom is -0.399 e. The Labute approximate surface area is 104 Å². The van der Waals surface area contributed by atoms with Crippen molar-refractivity contribution < 1.29 is 18.3 Å². The highest BCUT2D eigenvalue weighted by Gasteiger charge is 2.32. The number of hydrogen-bond acceptors (Lipinski definition) is 3. The molecule has 0 heterocycles. The average Bonchev–Trinajstić information content (AvgIpc) is 2.26. The molecule has 3 N–H and O–H groups in total. The van der Waals surface area contributed by atoms with Gasteiger partial charge in [-0.05, 0) is 24.6 Å². The van der Waals surface area contributed by atoms with Gasteiger partial charge in [-0.3, -0.25) is 4.90 Å². The molecule has 18 heavy (non-hydrogen) atoms. The van der Waals surface area contributed by atoms with Crippen LogP contribution in [0.2, 0.25) is 0 Å². The van der Waals surface area contributed by atoms with E-state index < -0.39 is 18.8 Å². The number of rotatable bonds is 5. The van der Waals surface area contributed by atoms with Gasteiger partial charge in [0, 0.05) is 18.3 Å². The fraction of sp³-hybridized carbons (Fsp3) is 0.500.